The number of carbonyl (C=O) groups excluding carboxylic acids is 1. The van der Waals surface area contributed by atoms with Crippen LogP contribution < -0.4 is 5.73 Å². The highest BCUT2D eigenvalue weighted by Crippen LogP contribution is 2.26. The fourth-order valence-electron chi connectivity index (χ4n) is 3.55. The van der Waals surface area contributed by atoms with E-state index in [-0.39, 0.29) is 23.5 Å². The predicted molar refractivity (Wildman–Crippen MR) is 113 cm³/mol. The summed E-state index contributed by atoms with van der Waals surface area (Å²) in [5, 5.41) is 19.4. The minimum Gasteiger partial charge on any atom is -0.478 e. The van der Waals surface area contributed by atoms with Crippen molar-refractivity contribution < 1.29 is 19.8 Å². The van der Waals surface area contributed by atoms with Crippen LogP contribution in [0.5, 0.6) is 0 Å². The fourth-order valence-corrected chi connectivity index (χ4v) is 3.55. The number of primary amides is 1. The van der Waals surface area contributed by atoms with Gasteiger partial charge in [-0.05, 0) is 29.2 Å². The highest BCUT2D eigenvalue weighted by molar-refractivity contribution is 5.96. The van der Waals surface area contributed by atoms with Gasteiger partial charge in [0.15, 0.2) is 0 Å². The van der Waals surface area contributed by atoms with Gasteiger partial charge in [0.1, 0.15) is 11.5 Å². The molecule has 2 aromatic carbocycles. The lowest BCUT2D eigenvalue weighted by Gasteiger charge is -2.13. The van der Waals surface area contributed by atoms with E-state index in [1.807, 2.05) is 36.4 Å². The Bertz CT molecular complexity index is 1060. The molecule has 30 heavy (non-hydrogen) atoms. The van der Waals surface area contributed by atoms with Crippen LogP contribution in [0, 0.1) is 0 Å². The molecule has 0 unspecified atom stereocenters. The molecule has 7 nitrogen and oxygen atoms in total. The van der Waals surface area contributed by atoms with Crippen molar-refractivity contribution in [3.8, 4) is 11.1 Å². The summed E-state index contributed by atoms with van der Waals surface area (Å²) < 4.78 is 1.69. The number of hydrogen-bond donors (Lipinski definition) is 3. The molecule has 156 valence electrons. The second-order valence-corrected chi connectivity index (χ2v) is 7.09. The molecule has 0 saturated carbocycles. The predicted octanol–water partition coefficient (Wildman–Crippen LogP) is 3.23. The van der Waals surface area contributed by atoms with E-state index in [1.165, 1.54) is 0 Å². The normalized spacial score (nSPS) is 10.9. The molecule has 1 aromatic heterocycles. The van der Waals surface area contributed by atoms with E-state index in [4.69, 9.17) is 5.73 Å². The quantitative estimate of drug-likeness (QED) is 0.503. The van der Waals surface area contributed by atoms with E-state index >= 15 is 0 Å². The van der Waals surface area contributed by atoms with Gasteiger partial charge in [0.05, 0.1) is 17.9 Å². The topological polar surface area (TPSA) is 118 Å². The highest BCUT2D eigenvalue weighted by atomic mass is 16.4. The fraction of sp³-hybridized carbons (Fsp3) is 0.261. The van der Waals surface area contributed by atoms with Crippen molar-refractivity contribution in [3.05, 3.63) is 76.9 Å². The van der Waals surface area contributed by atoms with Crippen LogP contribution >= 0.6 is 0 Å². The number of aromatic nitrogens is 2. The highest BCUT2D eigenvalue weighted by Gasteiger charge is 2.21. The Morgan fingerprint density at radius 2 is 1.87 bits per heavy atom. The van der Waals surface area contributed by atoms with Gasteiger partial charge in [-0.25, -0.2) is 9.78 Å². The summed E-state index contributed by atoms with van der Waals surface area (Å²) in [5.74, 6) is -1.05. The minimum absolute atomic E-state index is 0.160. The smallest absolute Gasteiger partial charge is 0.336 e. The molecule has 0 aliphatic heterocycles. The molecule has 0 saturated heterocycles. The number of imidazole rings is 1. The lowest BCUT2D eigenvalue weighted by molar-refractivity contribution is 0.0697. The summed E-state index contributed by atoms with van der Waals surface area (Å²) in [7, 11) is 0. The Balaban J connectivity index is 2.06. The zero-order chi connectivity index (χ0) is 21.7. The first kappa shape index (κ1) is 21.3. The van der Waals surface area contributed by atoms with E-state index in [1.54, 1.807) is 16.7 Å². The number of carboxylic acid groups (broad SMARTS) is 1. The van der Waals surface area contributed by atoms with Crippen molar-refractivity contribution in [3.63, 3.8) is 0 Å². The number of carboxylic acids is 1. The van der Waals surface area contributed by atoms with Crippen molar-refractivity contribution in [2.75, 3.05) is 0 Å². The summed E-state index contributed by atoms with van der Waals surface area (Å²) in [6.07, 6.45) is 2.44. The Kier molecular flexibility index (Phi) is 6.64. The molecule has 0 spiro atoms. The summed E-state index contributed by atoms with van der Waals surface area (Å²) in [4.78, 5) is 28.4. The molecule has 7 heteroatoms. The number of benzene rings is 2. The zero-order valence-corrected chi connectivity index (χ0v) is 16.8. The van der Waals surface area contributed by atoms with Crippen LogP contribution in [0.25, 0.3) is 11.1 Å². The second kappa shape index (κ2) is 9.37. The Morgan fingerprint density at radius 3 is 2.47 bits per heavy atom. The third-order valence-corrected chi connectivity index (χ3v) is 5.00. The third-order valence-electron chi connectivity index (χ3n) is 5.00. The van der Waals surface area contributed by atoms with Gasteiger partial charge in [0.25, 0.3) is 5.91 Å². The van der Waals surface area contributed by atoms with E-state index in [0.717, 1.165) is 18.4 Å². The van der Waals surface area contributed by atoms with Gasteiger partial charge in [-0.15, -0.1) is 0 Å². The van der Waals surface area contributed by atoms with Crippen LogP contribution in [-0.2, 0) is 19.6 Å². The lowest BCUT2D eigenvalue weighted by Crippen LogP contribution is -2.20. The number of carbonyl (C=O) groups is 2. The van der Waals surface area contributed by atoms with Crippen LogP contribution in [0.3, 0.4) is 0 Å². The number of aryl methyl sites for hydroxylation is 1. The number of rotatable bonds is 9. The summed E-state index contributed by atoms with van der Waals surface area (Å²) in [6.45, 7) is 1.90. The number of amides is 1. The van der Waals surface area contributed by atoms with Gasteiger partial charge in [-0.1, -0.05) is 55.8 Å². The first-order chi connectivity index (χ1) is 14.5. The van der Waals surface area contributed by atoms with Gasteiger partial charge < -0.3 is 20.5 Å². The largest absolute Gasteiger partial charge is 0.478 e. The molecule has 3 aromatic rings. The summed E-state index contributed by atoms with van der Waals surface area (Å²) >= 11 is 0. The molecule has 3 rings (SSSR count). The summed E-state index contributed by atoms with van der Waals surface area (Å²) in [6, 6.07) is 14.5. The average Bonchev–Trinajstić information content (AvgIpc) is 3.10. The van der Waals surface area contributed by atoms with Crippen LogP contribution in [0.15, 0.2) is 48.5 Å². The molecule has 1 heterocycles. The Labute approximate surface area is 174 Å². The molecule has 0 atom stereocenters. The Hall–Kier alpha value is -3.45. The standard InChI is InChI=1S/C23H25N3O4/c1-2-3-9-20-25-19(14-27)21(22(24)28)26(20)13-15-10-11-17(18(12-15)23(29)30)16-7-5-4-6-8-16/h4-8,10-12,27H,2-3,9,13-14H2,1H3,(H2,24,28)(H,29,30). The SMILES string of the molecule is CCCCc1nc(CO)c(C(N)=O)n1Cc1ccc(-c2ccccc2)c(C(=O)O)c1. The first-order valence-electron chi connectivity index (χ1n) is 9.86. The first-order valence-corrected chi connectivity index (χ1v) is 9.86. The second-order valence-electron chi connectivity index (χ2n) is 7.09. The van der Waals surface area contributed by atoms with Gasteiger partial charge in [-0.2, -0.15) is 0 Å². The number of aliphatic hydroxyl groups is 1. The van der Waals surface area contributed by atoms with Gasteiger partial charge in [0, 0.05) is 13.0 Å². The van der Waals surface area contributed by atoms with Crippen LogP contribution in [0.2, 0.25) is 0 Å². The maximum absolute atomic E-state index is 12.0. The molecule has 0 radical (unpaired) electrons. The van der Waals surface area contributed by atoms with Crippen molar-refractivity contribution in [1.82, 2.24) is 9.55 Å². The lowest BCUT2D eigenvalue weighted by atomic mass is 9.97. The van der Waals surface area contributed by atoms with Crippen molar-refractivity contribution in [2.45, 2.75) is 39.3 Å². The molecule has 0 bridgehead atoms. The monoisotopic (exact) mass is 407 g/mol. The van der Waals surface area contributed by atoms with Crippen molar-refractivity contribution >= 4 is 11.9 Å². The number of unbranched alkanes of at least 4 members (excludes halogenated alkanes) is 1. The van der Waals surface area contributed by atoms with Gasteiger partial charge in [-0.3, -0.25) is 4.79 Å². The molecule has 4 N–H and O–H groups in total. The van der Waals surface area contributed by atoms with Gasteiger partial charge in [0.2, 0.25) is 0 Å². The van der Waals surface area contributed by atoms with Crippen LogP contribution in [0.1, 0.15) is 57.7 Å². The Morgan fingerprint density at radius 1 is 1.13 bits per heavy atom. The number of aromatic carboxylic acids is 1. The molecular formula is C23H25N3O4. The van der Waals surface area contributed by atoms with Crippen LogP contribution in [-0.4, -0.2) is 31.6 Å². The van der Waals surface area contributed by atoms with Crippen LogP contribution in [0.4, 0.5) is 0 Å². The molecule has 1 amide bonds. The average molecular weight is 407 g/mol. The van der Waals surface area contributed by atoms with E-state index < -0.39 is 18.5 Å². The molecular weight excluding hydrogens is 382 g/mol. The number of hydrogen-bond acceptors (Lipinski definition) is 4. The number of aliphatic hydroxyl groups excluding tert-OH is 1. The van der Waals surface area contributed by atoms with Crippen molar-refractivity contribution in [1.29, 1.82) is 0 Å². The summed E-state index contributed by atoms with van der Waals surface area (Å²) in [5.41, 5.74) is 8.28. The van der Waals surface area contributed by atoms with E-state index in [0.29, 0.717) is 23.4 Å². The number of nitrogens with zero attached hydrogens (tertiary/aromatic N) is 2. The molecule has 0 fully saturated rings. The van der Waals surface area contributed by atoms with E-state index in [2.05, 4.69) is 11.9 Å². The molecule has 0 aliphatic carbocycles. The zero-order valence-electron chi connectivity index (χ0n) is 16.8. The minimum atomic E-state index is -1.03. The maximum atomic E-state index is 12.0. The number of nitrogens with two attached hydrogens (primary N) is 1. The third kappa shape index (κ3) is 4.41. The van der Waals surface area contributed by atoms with Gasteiger partial charge >= 0.3 is 5.97 Å². The molecule has 0 aliphatic rings. The van der Waals surface area contributed by atoms with E-state index in [9.17, 15) is 19.8 Å². The van der Waals surface area contributed by atoms with Crippen molar-refractivity contribution in [2.24, 2.45) is 5.73 Å². The maximum Gasteiger partial charge on any atom is 0.336 e.